The molecule has 1 saturated heterocycles. The number of nitrogens with zero attached hydrogens (tertiary/aromatic N) is 8. The SMILES string of the molecule is CCCc1nn(C)c2c(Oc3ncc(N(C)N=O)s3)nc(-c3cc(S(=O)(=O)N4C[C@@H](C)N[C@@H](C)C4)ccc3OCC)nc12. The molecule has 230 valence electrons. The smallest absolute Gasteiger partial charge is 0.282 e. The molecule has 4 aromatic rings. The van der Waals surface area contributed by atoms with Crippen LogP contribution in [0.2, 0.25) is 0 Å². The Kier molecular flexibility index (Phi) is 8.91. The lowest BCUT2D eigenvalue weighted by atomic mass is 10.1. The number of rotatable bonds is 11. The lowest BCUT2D eigenvalue weighted by molar-refractivity contribution is 0.263. The molecule has 0 spiro atoms. The lowest BCUT2D eigenvalue weighted by Crippen LogP contribution is -2.55. The molecular formula is C27H35N9O5S2. The zero-order valence-corrected chi connectivity index (χ0v) is 26.6. The Morgan fingerprint density at radius 3 is 2.60 bits per heavy atom. The summed E-state index contributed by atoms with van der Waals surface area (Å²) >= 11 is 1.12. The average molecular weight is 630 g/mol. The van der Waals surface area contributed by atoms with Crippen molar-refractivity contribution in [3.8, 4) is 28.2 Å². The fraction of sp³-hybridized carbons (Fsp3) is 0.481. The Bertz CT molecular complexity index is 1730. The summed E-state index contributed by atoms with van der Waals surface area (Å²) in [5.41, 5.74) is 2.29. The molecule has 1 fully saturated rings. The number of aromatic nitrogens is 5. The van der Waals surface area contributed by atoms with Crippen molar-refractivity contribution in [3.63, 3.8) is 0 Å². The first-order chi connectivity index (χ1) is 20.5. The van der Waals surface area contributed by atoms with Crippen LogP contribution < -0.4 is 19.8 Å². The molecule has 16 heteroatoms. The zero-order chi connectivity index (χ0) is 30.9. The van der Waals surface area contributed by atoms with Crippen LogP contribution in [0.25, 0.3) is 22.4 Å². The van der Waals surface area contributed by atoms with Gasteiger partial charge in [-0.3, -0.25) is 4.68 Å². The molecule has 5 rings (SSSR count). The van der Waals surface area contributed by atoms with E-state index in [1.54, 1.807) is 29.9 Å². The zero-order valence-electron chi connectivity index (χ0n) is 24.9. The third kappa shape index (κ3) is 6.18. The van der Waals surface area contributed by atoms with Gasteiger partial charge in [-0.25, -0.2) is 23.4 Å². The van der Waals surface area contributed by atoms with Crippen LogP contribution in [0.4, 0.5) is 5.00 Å². The van der Waals surface area contributed by atoms with Crippen LogP contribution in [-0.4, -0.2) is 76.3 Å². The number of sulfonamides is 1. The van der Waals surface area contributed by atoms with E-state index in [4.69, 9.17) is 19.4 Å². The minimum atomic E-state index is -3.82. The highest BCUT2D eigenvalue weighted by Crippen LogP contribution is 2.38. The summed E-state index contributed by atoms with van der Waals surface area (Å²) in [7, 11) is -0.529. The molecule has 43 heavy (non-hydrogen) atoms. The van der Waals surface area contributed by atoms with Gasteiger partial charge in [0, 0.05) is 39.3 Å². The third-order valence-corrected chi connectivity index (χ3v) is 9.73. The summed E-state index contributed by atoms with van der Waals surface area (Å²) in [6.07, 6.45) is 2.98. The Morgan fingerprint density at radius 1 is 1.19 bits per heavy atom. The molecule has 0 aliphatic carbocycles. The summed E-state index contributed by atoms with van der Waals surface area (Å²) in [5, 5.41) is 12.8. The van der Waals surface area contributed by atoms with E-state index in [1.165, 1.54) is 17.5 Å². The summed E-state index contributed by atoms with van der Waals surface area (Å²) in [6.45, 7) is 8.90. The fourth-order valence-corrected chi connectivity index (χ4v) is 7.44. The number of anilines is 1. The highest BCUT2D eigenvalue weighted by Gasteiger charge is 2.32. The van der Waals surface area contributed by atoms with Crippen LogP contribution in [0.3, 0.4) is 0 Å². The number of ether oxygens (including phenoxy) is 2. The summed E-state index contributed by atoms with van der Waals surface area (Å²) < 4.78 is 42.9. The van der Waals surface area contributed by atoms with Gasteiger partial charge in [0.05, 0.1) is 34.2 Å². The topological polar surface area (TPSA) is 157 Å². The van der Waals surface area contributed by atoms with E-state index in [1.807, 2.05) is 27.7 Å². The minimum absolute atomic E-state index is 0.0159. The number of hydrogen-bond acceptors (Lipinski definition) is 12. The Balaban J connectivity index is 1.66. The number of nitroso groups, excluding NO2 is 1. The van der Waals surface area contributed by atoms with Gasteiger partial charge in [-0.15, -0.1) is 4.91 Å². The molecule has 1 aliphatic rings. The van der Waals surface area contributed by atoms with Crippen molar-refractivity contribution >= 4 is 37.4 Å². The van der Waals surface area contributed by atoms with Crippen LogP contribution in [0.1, 0.15) is 39.8 Å². The van der Waals surface area contributed by atoms with Crippen LogP contribution in [-0.2, 0) is 23.5 Å². The van der Waals surface area contributed by atoms with Gasteiger partial charge >= 0.3 is 0 Å². The number of fused-ring (bicyclic) bond motifs is 1. The maximum atomic E-state index is 13.8. The molecular weight excluding hydrogens is 594 g/mol. The molecule has 4 heterocycles. The first-order valence-corrected chi connectivity index (χ1v) is 16.3. The number of hydrogen-bond donors (Lipinski definition) is 1. The second-order valence-corrected chi connectivity index (χ2v) is 13.3. The van der Waals surface area contributed by atoms with Gasteiger partial charge in [0.25, 0.3) is 11.1 Å². The molecule has 0 saturated carbocycles. The highest BCUT2D eigenvalue weighted by atomic mass is 32.2. The van der Waals surface area contributed by atoms with Gasteiger partial charge in [-0.2, -0.15) is 14.4 Å². The van der Waals surface area contributed by atoms with E-state index in [9.17, 15) is 13.3 Å². The maximum absolute atomic E-state index is 13.8. The number of benzene rings is 1. The van der Waals surface area contributed by atoms with E-state index in [-0.39, 0.29) is 33.9 Å². The standard InChI is InChI=1S/C27H35N9O5S2/c1-7-9-20-23-24(35(6)32-20)26(41-27-28-13-22(42-27)34(5)33-37)31-25(30-23)19-12-18(10-11-21(19)40-8-2)43(38,39)36-14-16(3)29-17(4)15-36/h10-13,16-17,29H,7-9,14-15H2,1-6H3/t16-,17+. The van der Waals surface area contributed by atoms with Crippen molar-refractivity contribution in [1.29, 1.82) is 0 Å². The highest BCUT2D eigenvalue weighted by molar-refractivity contribution is 7.89. The summed E-state index contributed by atoms with van der Waals surface area (Å²) in [4.78, 5) is 25.0. The van der Waals surface area contributed by atoms with E-state index < -0.39 is 10.0 Å². The molecule has 2 atom stereocenters. The van der Waals surface area contributed by atoms with Gasteiger partial charge in [0.15, 0.2) is 5.82 Å². The van der Waals surface area contributed by atoms with Gasteiger partial charge in [0.1, 0.15) is 21.8 Å². The Hall–Kier alpha value is -3.73. The maximum Gasteiger partial charge on any atom is 0.282 e. The summed E-state index contributed by atoms with van der Waals surface area (Å²) in [5.74, 6) is 0.837. The predicted molar refractivity (Wildman–Crippen MR) is 164 cm³/mol. The monoisotopic (exact) mass is 629 g/mol. The van der Waals surface area contributed by atoms with E-state index >= 15 is 0 Å². The van der Waals surface area contributed by atoms with Gasteiger partial charge in [0.2, 0.25) is 10.0 Å². The molecule has 1 N–H and O–H groups in total. The number of aryl methyl sites for hydroxylation is 2. The molecule has 3 aromatic heterocycles. The number of piperazine rings is 1. The number of nitrogens with one attached hydrogen (secondary N) is 1. The molecule has 1 aromatic carbocycles. The lowest BCUT2D eigenvalue weighted by Gasteiger charge is -2.35. The van der Waals surface area contributed by atoms with Crippen molar-refractivity contribution in [3.05, 3.63) is 35.0 Å². The molecule has 0 radical (unpaired) electrons. The van der Waals surface area contributed by atoms with Crippen molar-refractivity contribution in [2.24, 2.45) is 12.3 Å². The normalized spacial score (nSPS) is 17.7. The first kappa shape index (κ1) is 30.7. The fourth-order valence-electron chi connectivity index (χ4n) is 5.12. The summed E-state index contributed by atoms with van der Waals surface area (Å²) in [6, 6.07) is 4.79. The van der Waals surface area contributed by atoms with Crippen molar-refractivity contribution in [1.82, 2.24) is 34.4 Å². The molecule has 0 bridgehead atoms. The van der Waals surface area contributed by atoms with E-state index in [0.29, 0.717) is 53.5 Å². The Morgan fingerprint density at radius 2 is 1.93 bits per heavy atom. The van der Waals surface area contributed by atoms with E-state index in [2.05, 4.69) is 20.7 Å². The van der Waals surface area contributed by atoms with Crippen molar-refractivity contribution < 1.29 is 17.9 Å². The van der Waals surface area contributed by atoms with Gasteiger partial charge in [-0.05, 0) is 45.4 Å². The largest absolute Gasteiger partial charge is 0.493 e. The van der Waals surface area contributed by atoms with Crippen LogP contribution >= 0.6 is 11.3 Å². The van der Waals surface area contributed by atoms with Gasteiger partial charge in [-0.1, -0.05) is 24.7 Å². The second-order valence-electron chi connectivity index (χ2n) is 10.4. The third-order valence-electron chi connectivity index (χ3n) is 6.96. The molecule has 0 unspecified atom stereocenters. The van der Waals surface area contributed by atoms with Gasteiger partial charge < -0.3 is 14.8 Å². The second kappa shape index (κ2) is 12.5. The molecule has 1 aliphatic heterocycles. The first-order valence-electron chi connectivity index (χ1n) is 14.0. The van der Waals surface area contributed by atoms with Crippen LogP contribution in [0.5, 0.6) is 16.8 Å². The Labute approximate surface area is 254 Å². The molecule has 0 amide bonds. The van der Waals surface area contributed by atoms with Crippen LogP contribution in [0, 0.1) is 4.91 Å². The predicted octanol–water partition coefficient (Wildman–Crippen LogP) is 4.12. The van der Waals surface area contributed by atoms with Crippen molar-refractivity contribution in [2.75, 3.05) is 31.8 Å². The van der Waals surface area contributed by atoms with Crippen molar-refractivity contribution in [2.45, 2.75) is 57.5 Å². The number of thiazole rings is 1. The quantitative estimate of drug-likeness (QED) is 0.188. The van der Waals surface area contributed by atoms with E-state index in [0.717, 1.165) is 28.5 Å². The van der Waals surface area contributed by atoms with Crippen LogP contribution in [0.15, 0.2) is 34.6 Å². The minimum Gasteiger partial charge on any atom is -0.493 e. The molecule has 14 nitrogen and oxygen atoms in total. The average Bonchev–Trinajstić information content (AvgIpc) is 3.56.